The number of aromatic nitrogens is 5. The Morgan fingerprint density at radius 1 is 1.38 bits per heavy atom. The van der Waals surface area contributed by atoms with E-state index >= 15 is 0 Å². The van der Waals surface area contributed by atoms with Crippen molar-refractivity contribution in [2.45, 2.75) is 30.7 Å². The number of hydrogen-bond acceptors (Lipinski definition) is 5. The maximum atomic E-state index is 13.2. The molecule has 0 spiro atoms. The average molecular weight is 474 g/mol. The minimum atomic E-state index is -0.400. The van der Waals surface area contributed by atoms with Crippen LogP contribution in [0.3, 0.4) is 0 Å². The van der Waals surface area contributed by atoms with Crippen molar-refractivity contribution < 1.29 is 9.59 Å². The van der Waals surface area contributed by atoms with Gasteiger partial charge in [0.2, 0.25) is 6.04 Å². The molecule has 1 N–H and O–H groups in total. The molecule has 5 rings (SSSR count). The molecule has 0 atom stereocenters. The van der Waals surface area contributed by atoms with Gasteiger partial charge in [-0.15, -0.1) is 10.2 Å². The molecule has 1 fully saturated rings. The molecule has 0 unspecified atom stereocenters. The van der Waals surface area contributed by atoms with Crippen LogP contribution < -0.4 is 5.32 Å². The van der Waals surface area contributed by atoms with Crippen molar-refractivity contribution in [2.24, 2.45) is 7.05 Å². The van der Waals surface area contributed by atoms with Crippen molar-refractivity contribution in [3.63, 3.8) is 0 Å². The number of amides is 1. The van der Waals surface area contributed by atoms with E-state index < -0.39 is 5.91 Å². The number of benzene rings is 1. The minimum absolute atomic E-state index is 0.0315. The smallest absolute Gasteiger partial charge is 0.259 e. The molecule has 0 aliphatic heterocycles. The molecule has 170 valence electrons. The minimum Gasteiger partial charge on any atom is -0.322 e. The summed E-state index contributed by atoms with van der Waals surface area (Å²) in [6.07, 6.45) is 7.39. The average Bonchev–Trinajstić information content (AvgIpc) is 3.40. The number of aldehydes is 1. The summed E-state index contributed by atoms with van der Waals surface area (Å²) in [5.74, 6) is 0.449. The molecule has 1 saturated carbocycles. The van der Waals surface area contributed by atoms with Gasteiger partial charge in [0.1, 0.15) is 17.3 Å². The highest BCUT2D eigenvalue weighted by Gasteiger charge is 2.50. The summed E-state index contributed by atoms with van der Waals surface area (Å²) in [5, 5.41) is 11.4. The summed E-state index contributed by atoms with van der Waals surface area (Å²) in [5.41, 5.74) is 2.31. The zero-order chi connectivity index (χ0) is 23.9. The summed E-state index contributed by atoms with van der Waals surface area (Å²) in [4.78, 5) is 32.5. The van der Waals surface area contributed by atoms with Gasteiger partial charge in [-0.05, 0) is 23.8 Å². The van der Waals surface area contributed by atoms with Crippen molar-refractivity contribution in [3.8, 4) is 0 Å². The number of carbonyl (C=O) groups excluding carboxylic acids is 2. The van der Waals surface area contributed by atoms with Gasteiger partial charge in [-0.2, -0.15) is 0 Å². The fraction of sp³-hybridized carbons (Fsp3) is 0.250. The Balaban J connectivity index is 1.46. The predicted molar refractivity (Wildman–Crippen MR) is 126 cm³/mol. The van der Waals surface area contributed by atoms with Crippen LogP contribution >= 0.6 is 11.6 Å². The fourth-order valence-corrected chi connectivity index (χ4v) is 4.80. The van der Waals surface area contributed by atoms with E-state index in [1.807, 2.05) is 35.9 Å². The maximum absolute atomic E-state index is 13.2. The number of hydrogen-bond donors (Lipinski definition) is 1. The number of nitrogens with one attached hydrogen (secondary N) is 1. The molecule has 3 aromatic heterocycles. The zero-order valence-corrected chi connectivity index (χ0v) is 19.0. The van der Waals surface area contributed by atoms with Gasteiger partial charge in [-0.1, -0.05) is 23.7 Å². The molecule has 9 nitrogen and oxygen atoms in total. The number of anilines is 1. The van der Waals surface area contributed by atoms with Gasteiger partial charge in [-0.25, -0.2) is 11.6 Å². The van der Waals surface area contributed by atoms with Crippen molar-refractivity contribution in [1.29, 1.82) is 0 Å². The first-order valence-electron chi connectivity index (χ1n) is 10.7. The van der Waals surface area contributed by atoms with E-state index in [0.29, 0.717) is 34.8 Å². The van der Waals surface area contributed by atoms with Gasteiger partial charge in [0, 0.05) is 49.2 Å². The second kappa shape index (κ2) is 8.39. The predicted octanol–water partition coefficient (Wildman–Crippen LogP) is 3.74. The summed E-state index contributed by atoms with van der Waals surface area (Å²) in [7, 11) is 1.90. The summed E-state index contributed by atoms with van der Waals surface area (Å²) < 4.78 is 3.39. The van der Waals surface area contributed by atoms with Crippen molar-refractivity contribution in [2.75, 3.05) is 5.32 Å². The maximum Gasteiger partial charge on any atom is 0.259 e. The molecule has 0 bridgehead atoms. The van der Waals surface area contributed by atoms with Gasteiger partial charge >= 0.3 is 0 Å². The van der Waals surface area contributed by atoms with E-state index in [1.165, 1.54) is 22.9 Å². The quantitative estimate of drug-likeness (QED) is 0.340. The number of nitrogens with zero attached hydrogens (tertiary/aromatic N) is 6. The van der Waals surface area contributed by atoms with E-state index in [0.717, 1.165) is 24.2 Å². The lowest BCUT2D eigenvalue weighted by Gasteiger charge is -2.42. The standard InChI is InChI=1S/C24H20ClN7O2/c1-26-18-8-24(9-18,10-21-30-28-14-31(21)2)16-4-3-5-17(7-16)29-23(34)19-6-15(13-33)12-32-20(25)11-27-22(19)32/h3-7,11-14,18H,8-10H2,2H3,(H,29,34). The van der Waals surface area contributed by atoms with E-state index in [1.54, 1.807) is 6.33 Å². The molecule has 1 amide bonds. The Hall–Kier alpha value is -4.03. The summed E-state index contributed by atoms with van der Waals surface area (Å²) >= 11 is 6.15. The SMILES string of the molecule is [C-]#[N+]C1CC(Cc2nncn2C)(c2cccc(NC(=O)c3cc(C=O)cn4c(Cl)cnc34)c2)C1. The third-order valence-electron chi connectivity index (χ3n) is 6.43. The van der Waals surface area contributed by atoms with Gasteiger partial charge in [0.25, 0.3) is 5.91 Å². The van der Waals surface area contributed by atoms with Crippen LogP contribution in [0.2, 0.25) is 5.15 Å². The summed E-state index contributed by atoms with van der Waals surface area (Å²) in [6.45, 7) is 7.41. The largest absolute Gasteiger partial charge is 0.322 e. The number of imidazole rings is 1. The number of fused-ring (bicyclic) bond motifs is 1. The molecular weight excluding hydrogens is 454 g/mol. The lowest BCUT2D eigenvalue weighted by molar-refractivity contribution is 0.102. The van der Waals surface area contributed by atoms with Gasteiger partial charge < -0.3 is 14.7 Å². The molecule has 0 radical (unpaired) electrons. The Morgan fingerprint density at radius 2 is 2.21 bits per heavy atom. The van der Waals surface area contributed by atoms with Crippen molar-refractivity contribution >= 4 is 35.1 Å². The zero-order valence-electron chi connectivity index (χ0n) is 18.3. The molecule has 0 saturated heterocycles. The lowest BCUT2D eigenvalue weighted by atomic mass is 9.60. The van der Waals surface area contributed by atoms with Crippen LogP contribution in [0.5, 0.6) is 0 Å². The van der Waals surface area contributed by atoms with Crippen LogP contribution in [0.15, 0.2) is 49.1 Å². The van der Waals surface area contributed by atoms with Crippen LogP contribution in [0.1, 0.15) is 44.9 Å². The fourth-order valence-electron chi connectivity index (χ4n) is 4.62. The molecule has 4 aromatic rings. The molecule has 1 aromatic carbocycles. The van der Waals surface area contributed by atoms with Crippen LogP contribution in [0.4, 0.5) is 5.69 Å². The normalized spacial score (nSPS) is 19.4. The second-order valence-corrected chi connectivity index (χ2v) is 9.01. The van der Waals surface area contributed by atoms with Crippen LogP contribution in [0.25, 0.3) is 10.5 Å². The van der Waals surface area contributed by atoms with E-state index in [2.05, 4.69) is 25.3 Å². The highest BCUT2D eigenvalue weighted by Crippen LogP contribution is 2.48. The van der Waals surface area contributed by atoms with Gasteiger partial charge in [0.15, 0.2) is 11.9 Å². The van der Waals surface area contributed by atoms with Crippen molar-refractivity contribution in [3.05, 3.63) is 88.1 Å². The van der Waals surface area contributed by atoms with Gasteiger partial charge in [0.05, 0.1) is 11.8 Å². The third kappa shape index (κ3) is 3.72. The Bertz CT molecular complexity index is 1460. The second-order valence-electron chi connectivity index (χ2n) is 8.62. The first-order chi connectivity index (χ1) is 16.4. The Kier molecular flexibility index (Phi) is 5.38. The molecular formula is C24H20ClN7O2. The van der Waals surface area contributed by atoms with Crippen LogP contribution in [-0.2, 0) is 18.9 Å². The third-order valence-corrected chi connectivity index (χ3v) is 6.71. The Labute approximate surface area is 200 Å². The van der Waals surface area contributed by atoms with E-state index in [-0.39, 0.29) is 17.0 Å². The topological polar surface area (TPSA) is 98.5 Å². The Morgan fingerprint density at radius 3 is 2.91 bits per heavy atom. The van der Waals surface area contributed by atoms with Crippen LogP contribution in [-0.4, -0.2) is 42.4 Å². The number of rotatable bonds is 6. The molecule has 1 aliphatic rings. The number of halogens is 1. The first kappa shape index (κ1) is 21.8. The highest BCUT2D eigenvalue weighted by atomic mass is 35.5. The summed E-state index contributed by atoms with van der Waals surface area (Å²) in [6, 6.07) is 9.11. The van der Waals surface area contributed by atoms with E-state index in [9.17, 15) is 9.59 Å². The molecule has 3 heterocycles. The van der Waals surface area contributed by atoms with Crippen LogP contribution in [0, 0.1) is 6.57 Å². The lowest BCUT2D eigenvalue weighted by Crippen LogP contribution is -2.45. The van der Waals surface area contributed by atoms with E-state index in [4.69, 9.17) is 18.2 Å². The first-order valence-corrected chi connectivity index (χ1v) is 11.0. The number of aryl methyl sites for hydroxylation is 1. The number of carbonyl (C=O) groups is 2. The molecule has 10 heteroatoms. The highest BCUT2D eigenvalue weighted by molar-refractivity contribution is 6.30. The van der Waals surface area contributed by atoms with Crippen molar-refractivity contribution in [1.82, 2.24) is 24.1 Å². The molecule has 1 aliphatic carbocycles. The monoisotopic (exact) mass is 473 g/mol. The van der Waals surface area contributed by atoms with Gasteiger partial charge in [-0.3, -0.25) is 14.0 Å². The molecule has 34 heavy (non-hydrogen) atoms. The number of pyridine rings is 1.